The van der Waals surface area contributed by atoms with Gasteiger partial charge in [0, 0.05) is 5.92 Å². The highest BCUT2D eigenvalue weighted by molar-refractivity contribution is 7.86. The predicted octanol–water partition coefficient (Wildman–Crippen LogP) is 7.13. The van der Waals surface area contributed by atoms with Crippen LogP contribution in [0.3, 0.4) is 0 Å². The van der Waals surface area contributed by atoms with E-state index in [9.17, 15) is 35.5 Å². The van der Waals surface area contributed by atoms with Crippen LogP contribution < -0.4 is 19.5 Å². The number of hydrazone groups is 2. The summed E-state index contributed by atoms with van der Waals surface area (Å²) in [7, 11) is -5.85. The minimum Gasteiger partial charge on any atom is -0.494 e. The molecule has 2 atom stereocenters. The van der Waals surface area contributed by atoms with Crippen LogP contribution in [0, 0.1) is 0 Å². The van der Waals surface area contributed by atoms with Crippen molar-refractivity contribution in [2.75, 3.05) is 24.2 Å². The number of nitrogens with zero attached hydrogens (tertiary/aromatic N) is 8. The van der Waals surface area contributed by atoms with E-state index in [0.717, 1.165) is 51.0 Å². The van der Waals surface area contributed by atoms with E-state index in [1.54, 1.807) is 26.0 Å². The third-order valence-corrected chi connectivity index (χ3v) is 11.5. The van der Waals surface area contributed by atoms with Crippen molar-refractivity contribution in [3.63, 3.8) is 0 Å². The largest absolute Gasteiger partial charge is 0.494 e. The molecule has 5 aromatic rings. The molecule has 0 saturated heterocycles. The maximum absolute atomic E-state index is 13.3. The van der Waals surface area contributed by atoms with E-state index in [1.165, 1.54) is 38.5 Å². The Morgan fingerprint density at radius 1 is 0.574 bits per heavy atom. The van der Waals surface area contributed by atoms with Crippen LogP contribution in [-0.4, -0.2) is 75.5 Å². The Kier molecular flexibility index (Phi) is 11.7. The molecule has 61 heavy (non-hydrogen) atoms. The number of carbonyl (C=O) groups excluding carboxylic acids is 2. The first kappa shape index (κ1) is 42.1. The average Bonchev–Trinajstić information content (AvgIpc) is 3.70. The van der Waals surface area contributed by atoms with Gasteiger partial charge in [-0.05, 0) is 103 Å². The predicted molar refractivity (Wildman–Crippen MR) is 224 cm³/mol. The van der Waals surface area contributed by atoms with E-state index < -0.39 is 44.1 Å². The highest BCUT2D eigenvalue weighted by Crippen LogP contribution is 2.41. The molecule has 0 aromatic heterocycles. The molecular weight excluding hydrogens is 829 g/mol. The van der Waals surface area contributed by atoms with E-state index in [1.807, 2.05) is 54.6 Å². The number of ether oxygens (including phenoxy) is 2. The molecule has 0 spiro atoms. The highest BCUT2D eigenvalue weighted by Gasteiger charge is 2.36. The van der Waals surface area contributed by atoms with Gasteiger partial charge in [-0.2, -0.15) is 57.5 Å². The molecule has 2 aliphatic heterocycles. The number of hydrogen-bond donors (Lipinski definition) is 2. The van der Waals surface area contributed by atoms with Gasteiger partial charge in [0.25, 0.3) is 32.1 Å². The van der Waals surface area contributed by atoms with Crippen molar-refractivity contribution < 1.29 is 45.0 Å². The fraction of sp³-hybridized carbons (Fsp3) is 0.171. The second-order valence-corrected chi connectivity index (χ2v) is 16.5. The van der Waals surface area contributed by atoms with Gasteiger partial charge in [-0.1, -0.05) is 42.5 Å². The Bertz CT molecular complexity index is 2690. The molecule has 0 saturated carbocycles. The summed E-state index contributed by atoms with van der Waals surface area (Å²) in [6.07, 6.45) is 0. The van der Waals surface area contributed by atoms with Gasteiger partial charge in [0.2, 0.25) is 0 Å². The zero-order valence-corrected chi connectivity index (χ0v) is 34.4. The summed E-state index contributed by atoms with van der Waals surface area (Å²) in [5, 5.41) is 28.1. The lowest BCUT2D eigenvalue weighted by molar-refractivity contribution is -0.118. The van der Waals surface area contributed by atoms with Crippen molar-refractivity contribution in [1.82, 2.24) is 0 Å². The molecule has 2 unspecified atom stereocenters. The number of anilines is 2. The van der Waals surface area contributed by atoms with E-state index in [4.69, 9.17) is 9.47 Å². The maximum atomic E-state index is 13.3. The van der Waals surface area contributed by atoms with Crippen molar-refractivity contribution >= 4 is 66.2 Å². The quantitative estimate of drug-likeness (QED) is 0.0689. The zero-order chi connectivity index (χ0) is 43.6. The Hall–Kier alpha value is -7.00. The van der Waals surface area contributed by atoms with Crippen LogP contribution in [-0.2, 0) is 29.8 Å². The molecule has 18 nitrogen and oxygen atoms in total. The zero-order valence-electron chi connectivity index (χ0n) is 32.8. The number of benzene rings is 5. The summed E-state index contributed by atoms with van der Waals surface area (Å²) in [4.78, 5) is 26.0. The first-order valence-corrected chi connectivity index (χ1v) is 21.1. The topological polar surface area (TPSA) is 242 Å². The van der Waals surface area contributed by atoms with Gasteiger partial charge in [0.1, 0.15) is 22.9 Å². The molecule has 7 rings (SSSR count). The lowest BCUT2D eigenvalue weighted by atomic mass is 9.84. The molecule has 2 heterocycles. The van der Waals surface area contributed by atoms with Crippen LogP contribution in [0.2, 0.25) is 0 Å². The SMILES string of the molecule is COc1cc(C(c2ccccc2)c2ccc(N=NC3C(=O)N(c4ccc(S(=O)(=O)O)cc4)N=C3C)c(OC)c2)ccc1N=NC1C(=O)N(c2ccc(S(=O)(=O)O)cc2)N=C1C. The van der Waals surface area contributed by atoms with Gasteiger partial charge in [0.15, 0.2) is 12.1 Å². The third-order valence-electron chi connectivity index (χ3n) is 9.72. The van der Waals surface area contributed by atoms with Gasteiger partial charge in [-0.3, -0.25) is 18.7 Å². The number of amides is 2. The van der Waals surface area contributed by atoms with Gasteiger partial charge < -0.3 is 9.47 Å². The van der Waals surface area contributed by atoms with Gasteiger partial charge in [-0.25, -0.2) is 0 Å². The van der Waals surface area contributed by atoms with Crippen molar-refractivity contribution in [2.24, 2.45) is 30.7 Å². The van der Waals surface area contributed by atoms with E-state index >= 15 is 0 Å². The van der Waals surface area contributed by atoms with Crippen molar-refractivity contribution in [3.8, 4) is 11.5 Å². The first-order chi connectivity index (χ1) is 29.1. The second kappa shape index (κ2) is 16.9. The summed E-state index contributed by atoms with van der Waals surface area (Å²) in [5.74, 6) is -0.621. The Morgan fingerprint density at radius 2 is 0.967 bits per heavy atom. The van der Waals surface area contributed by atoms with Gasteiger partial charge in [-0.15, -0.1) is 0 Å². The van der Waals surface area contributed by atoms with Crippen molar-refractivity contribution in [3.05, 3.63) is 132 Å². The number of rotatable bonds is 13. The number of azo groups is 2. The molecule has 0 aliphatic carbocycles. The van der Waals surface area contributed by atoms with E-state index in [-0.39, 0.29) is 27.1 Å². The molecule has 20 heteroatoms. The lowest BCUT2D eigenvalue weighted by Crippen LogP contribution is -2.29. The Labute approximate surface area is 350 Å². The summed E-state index contributed by atoms with van der Waals surface area (Å²) >= 11 is 0. The average molecular weight is 865 g/mol. The minimum atomic E-state index is -4.42. The molecule has 312 valence electrons. The fourth-order valence-electron chi connectivity index (χ4n) is 6.64. The molecule has 2 aliphatic rings. The van der Waals surface area contributed by atoms with Crippen LogP contribution in [0.5, 0.6) is 11.5 Å². The molecule has 2 N–H and O–H groups in total. The maximum Gasteiger partial charge on any atom is 0.294 e. The second-order valence-electron chi connectivity index (χ2n) is 13.7. The molecule has 0 bridgehead atoms. The Morgan fingerprint density at radius 3 is 1.33 bits per heavy atom. The highest BCUT2D eigenvalue weighted by atomic mass is 32.2. The minimum absolute atomic E-state index is 0.280. The molecule has 2 amide bonds. The monoisotopic (exact) mass is 864 g/mol. The first-order valence-electron chi connectivity index (χ1n) is 18.2. The van der Waals surface area contributed by atoms with Crippen molar-refractivity contribution in [1.29, 1.82) is 0 Å². The van der Waals surface area contributed by atoms with Gasteiger partial charge >= 0.3 is 0 Å². The van der Waals surface area contributed by atoms with Crippen LogP contribution in [0.1, 0.15) is 36.5 Å². The van der Waals surface area contributed by atoms with Crippen LogP contribution in [0.15, 0.2) is 156 Å². The number of carbonyl (C=O) groups is 2. The molecule has 0 radical (unpaired) electrons. The number of hydrogen-bond acceptors (Lipinski definition) is 14. The van der Waals surface area contributed by atoms with E-state index in [2.05, 4.69) is 30.7 Å². The molecule has 0 fully saturated rings. The normalized spacial score (nSPS) is 17.6. The van der Waals surface area contributed by atoms with E-state index in [0.29, 0.717) is 34.3 Å². The standard InChI is InChI=1S/C41H36N8O10S2/c1-24-38(40(50)48(46-24)29-12-16-31(17-13-29)60(52,53)54)44-42-33-20-10-27(22-35(33)58-3)37(26-8-6-5-7-9-26)28-11-21-34(36(23-28)59-4)43-45-39-25(2)47-49(41(39)51)30-14-18-32(19-15-30)61(55,56)57/h5-23,37-39H,1-4H3,(H,52,53,54)(H,55,56,57). The summed E-state index contributed by atoms with van der Waals surface area (Å²) < 4.78 is 75.9. The van der Waals surface area contributed by atoms with Crippen LogP contribution in [0.25, 0.3) is 0 Å². The Balaban J connectivity index is 1.12. The number of methoxy groups -OCH3 is 2. The molecule has 5 aromatic carbocycles. The molecular formula is C41H36N8O10S2. The summed E-state index contributed by atoms with van der Waals surface area (Å²) in [6.45, 7) is 3.24. The smallest absolute Gasteiger partial charge is 0.294 e. The van der Waals surface area contributed by atoms with Crippen LogP contribution >= 0.6 is 0 Å². The van der Waals surface area contributed by atoms with Crippen LogP contribution in [0.4, 0.5) is 22.7 Å². The summed E-state index contributed by atoms with van der Waals surface area (Å²) in [5.41, 5.74) is 4.54. The lowest BCUT2D eigenvalue weighted by Gasteiger charge is -2.21. The fourth-order valence-corrected chi connectivity index (χ4v) is 7.60. The van der Waals surface area contributed by atoms with Crippen molar-refractivity contribution in [2.45, 2.75) is 41.6 Å². The van der Waals surface area contributed by atoms with Gasteiger partial charge in [0.05, 0.1) is 46.8 Å². The summed E-state index contributed by atoms with van der Waals surface area (Å²) in [6, 6.07) is 28.5. The third kappa shape index (κ3) is 8.82.